The van der Waals surface area contributed by atoms with Gasteiger partial charge in [-0.3, -0.25) is 0 Å². The second-order valence-electron chi connectivity index (χ2n) is 4.39. The number of nitrogen functional groups attached to an aromatic ring is 2. The summed E-state index contributed by atoms with van der Waals surface area (Å²) in [5, 5.41) is 0.734. The van der Waals surface area contributed by atoms with Crippen molar-refractivity contribution in [3.8, 4) is 10.4 Å². The Morgan fingerprint density at radius 3 is 2.62 bits per heavy atom. The van der Waals surface area contributed by atoms with Crippen molar-refractivity contribution in [1.29, 1.82) is 0 Å². The normalized spacial score (nSPS) is 11.5. The standard InChI is InChI=1S/C14H12ClN5S/c15-11-2-1-10(21-11)8-5-7(3-4-16)12-9(6-8)19-14(18)20-13(12)17/h1-6H,16H2,(H4,17,18,19,20)/b4-3-. The largest absolute Gasteiger partial charge is 0.405 e. The van der Waals surface area contributed by atoms with E-state index in [9.17, 15) is 0 Å². The van der Waals surface area contributed by atoms with Crippen molar-refractivity contribution in [3.63, 3.8) is 0 Å². The van der Waals surface area contributed by atoms with Crippen LogP contribution in [-0.2, 0) is 0 Å². The Kier molecular flexibility index (Phi) is 3.40. The van der Waals surface area contributed by atoms with Crippen molar-refractivity contribution in [2.45, 2.75) is 0 Å². The van der Waals surface area contributed by atoms with E-state index < -0.39 is 0 Å². The van der Waals surface area contributed by atoms with Crippen LogP contribution in [0.3, 0.4) is 0 Å². The van der Waals surface area contributed by atoms with Crippen LogP contribution in [0.2, 0.25) is 4.34 Å². The molecule has 1 aromatic carbocycles. The first-order valence-electron chi connectivity index (χ1n) is 6.09. The molecule has 3 rings (SSSR count). The highest BCUT2D eigenvalue weighted by molar-refractivity contribution is 7.19. The van der Waals surface area contributed by atoms with Crippen molar-refractivity contribution < 1.29 is 0 Å². The number of halogens is 1. The molecule has 0 aliphatic heterocycles. The van der Waals surface area contributed by atoms with E-state index >= 15 is 0 Å². The van der Waals surface area contributed by atoms with Gasteiger partial charge in [-0.05, 0) is 47.7 Å². The number of nitrogens with two attached hydrogens (primary N) is 3. The molecule has 0 bridgehead atoms. The summed E-state index contributed by atoms with van der Waals surface area (Å²) in [6.07, 6.45) is 3.21. The lowest BCUT2D eigenvalue weighted by Crippen LogP contribution is -2.01. The molecule has 3 aromatic rings. The van der Waals surface area contributed by atoms with Crippen molar-refractivity contribution in [2.24, 2.45) is 5.73 Å². The molecule has 5 nitrogen and oxygen atoms in total. The summed E-state index contributed by atoms with van der Waals surface area (Å²) < 4.78 is 0.725. The lowest BCUT2D eigenvalue weighted by atomic mass is 10.0. The molecule has 0 saturated heterocycles. The van der Waals surface area contributed by atoms with E-state index in [4.69, 9.17) is 28.8 Å². The monoisotopic (exact) mass is 317 g/mol. The summed E-state index contributed by atoms with van der Waals surface area (Å²) in [5.41, 5.74) is 19.6. The Hall–Kier alpha value is -2.31. The predicted molar refractivity (Wildman–Crippen MR) is 89.9 cm³/mol. The quantitative estimate of drug-likeness (QED) is 0.673. The first kappa shape index (κ1) is 13.7. The lowest BCUT2D eigenvalue weighted by Gasteiger charge is -2.08. The fourth-order valence-electron chi connectivity index (χ4n) is 2.19. The number of benzene rings is 1. The molecule has 0 unspecified atom stereocenters. The van der Waals surface area contributed by atoms with Crippen LogP contribution in [0, 0.1) is 0 Å². The number of fused-ring (bicyclic) bond motifs is 1. The molecule has 0 atom stereocenters. The minimum absolute atomic E-state index is 0.143. The Morgan fingerprint density at radius 2 is 1.95 bits per heavy atom. The highest BCUT2D eigenvalue weighted by atomic mass is 35.5. The van der Waals surface area contributed by atoms with Gasteiger partial charge in [0.1, 0.15) is 5.82 Å². The van der Waals surface area contributed by atoms with Crippen molar-refractivity contribution in [3.05, 3.63) is 40.4 Å². The highest BCUT2D eigenvalue weighted by Gasteiger charge is 2.11. The van der Waals surface area contributed by atoms with Gasteiger partial charge in [-0.2, -0.15) is 4.98 Å². The summed E-state index contributed by atoms with van der Waals surface area (Å²) in [5.74, 6) is 0.477. The first-order chi connectivity index (χ1) is 10.1. The van der Waals surface area contributed by atoms with E-state index in [2.05, 4.69) is 9.97 Å². The van der Waals surface area contributed by atoms with Crippen molar-refractivity contribution in [1.82, 2.24) is 9.97 Å². The molecule has 0 aliphatic rings. The van der Waals surface area contributed by atoms with Gasteiger partial charge >= 0.3 is 0 Å². The zero-order chi connectivity index (χ0) is 15.0. The third-order valence-electron chi connectivity index (χ3n) is 3.01. The number of hydrogen-bond acceptors (Lipinski definition) is 6. The van der Waals surface area contributed by atoms with Crippen LogP contribution in [0.25, 0.3) is 27.4 Å². The molecule has 0 spiro atoms. The fraction of sp³-hybridized carbons (Fsp3) is 0. The SMILES string of the molecule is N/C=C\c1cc(-c2ccc(Cl)s2)cc2nc(N)nc(N)c12. The van der Waals surface area contributed by atoms with Gasteiger partial charge in [0.2, 0.25) is 5.95 Å². The number of nitrogens with zero attached hydrogens (tertiary/aromatic N) is 2. The Labute approximate surface area is 130 Å². The average molecular weight is 318 g/mol. The molecule has 0 radical (unpaired) electrons. The molecule has 7 heteroatoms. The third-order valence-corrected chi connectivity index (χ3v) is 4.29. The predicted octanol–water partition coefficient (Wildman–Crippen LogP) is 3.11. The van der Waals surface area contributed by atoms with Gasteiger partial charge in [0.15, 0.2) is 0 Å². The van der Waals surface area contributed by atoms with E-state index in [-0.39, 0.29) is 5.95 Å². The van der Waals surface area contributed by atoms with Gasteiger partial charge in [-0.1, -0.05) is 11.6 Å². The molecule has 0 aliphatic carbocycles. The molecule has 6 N–H and O–H groups in total. The van der Waals surface area contributed by atoms with Crippen LogP contribution in [0.4, 0.5) is 11.8 Å². The lowest BCUT2D eigenvalue weighted by molar-refractivity contribution is 1.24. The maximum absolute atomic E-state index is 6.00. The van der Waals surface area contributed by atoms with Gasteiger partial charge < -0.3 is 17.2 Å². The van der Waals surface area contributed by atoms with Crippen LogP contribution < -0.4 is 17.2 Å². The van der Waals surface area contributed by atoms with Crippen molar-refractivity contribution in [2.75, 3.05) is 11.5 Å². The molecule has 2 heterocycles. The Bertz CT molecular complexity index is 856. The summed E-state index contributed by atoms with van der Waals surface area (Å²) >= 11 is 7.49. The molecule has 0 amide bonds. The minimum atomic E-state index is 0.143. The van der Waals surface area contributed by atoms with Crippen LogP contribution in [0.5, 0.6) is 0 Å². The van der Waals surface area contributed by atoms with Crippen LogP contribution in [0.1, 0.15) is 5.56 Å². The maximum atomic E-state index is 6.00. The number of hydrogen-bond donors (Lipinski definition) is 3. The number of thiophene rings is 1. The summed E-state index contributed by atoms with van der Waals surface area (Å²) in [6, 6.07) is 7.70. The second kappa shape index (κ2) is 5.23. The van der Waals surface area contributed by atoms with Gasteiger partial charge in [-0.25, -0.2) is 4.98 Å². The molecule has 21 heavy (non-hydrogen) atoms. The smallest absolute Gasteiger partial charge is 0.222 e. The molecular weight excluding hydrogens is 306 g/mol. The average Bonchev–Trinajstić information content (AvgIpc) is 2.84. The van der Waals surface area contributed by atoms with Gasteiger partial charge in [0.05, 0.1) is 9.85 Å². The van der Waals surface area contributed by atoms with Gasteiger partial charge in [0.25, 0.3) is 0 Å². The number of anilines is 2. The van der Waals surface area contributed by atoms with Crippen LogP contribution in [-0.4, -0.2) is 9.97 Å². The minimum Gasteiger partial charge on any atom is -0.405 e. The molecule has 0 fully saturated rings. The number of rotatable bonds is 2. The Balaban J connectivity index is 2.34. The third kappa shape index (κ3) is 2.51. The summed E-state index contributed by atoms with van der Waals surface area (Å²) in [6.45, 7) is 0. The van der Waals surface area contributed by atoms with E-state index in [1.165, 1.54) is 17.5 Å². The molecular formula is C14H12ClN5S. The van der Waals surface area contributed by atoms with E-state index in [0.717, 1.165) is 25.7 Å². The summed E-state index contributed by atoms with van der Waals surface area (Å²) in [4.78, 5) is 9.29. The van der Waals surface area contributed by atoms with Gasteiger partial charge in [-0.15, -0.1) is 11.3 Å². The van der Waals surface area contributed by atoms with E-state index in [0.29, 0.717) is 11.3 Å². The second-order valence-corrected chi connectivity index (χ2v) is 6.10. The number of aromatic nitrogens is 2. The first-order valence-corrected chi connectivity index (χ1v) is 7.28. The van der Waals surface area contributed by atoms with Crippen LogP contribution in [0.15, 0.2) is 30.5 Å². The van der Waals surface area contributed by atoms with Crippen LogP contribution >= 0.6 is 22.9 Å². The Morgan fingerprint density at radius 1 is 1.14 bits per heavy atom. The fourth-order valence-corrected chi connectivity index (χ4v) is 3.22. The van der Waals surface area contributed by atoms with Gasteiger partial charge in [0, 0.05) is 10.3 Å². The van der Waals surface area contributed by atoms with E-state index in [1.54, 1.807) is 6.08 Å². The topological polar surface area (TPSA) is 104 Å². The molecule has 2 aromatic heterocycles. The van der Waals surface area contributed by atoms with Crippen molar-refractivity contribution >= 4 is 51.7 Å². The molecule has 0 saturated carbocycles. The van der Waals surface area contributed by atoms with E-state index in [1.807, 2.05) is 24.3 Å². The summed E-state index contributed by atoms with van der Waals surface area (Å²) in [7, 11) is 0. The molecule has 106 valence electrons. The maximum Gasteiger partial charge on any atom is 0.222 e. The highest BCUT2D eigenvalue weighted by Crippen LogP contribution is 2.35. The zero-order valence-electron chi connectivity index (χ0n) is 10.9. The zero-order valence-corrected chi connectivity index (χ0v) is 12.4.